The van der Waals surface area contributed by atoms with Crippen molar-refractivity contribution in [1.29, 1.82) is 0 Å². The number of ether oxygens (including phenoxy) is 2. The number of hydrogen-bond donors (Lipinski definition) is 0. The molecule has 0 amide bonds. The largest absolute Gasteiger partial charge is 0.497 e. The highest BCUT2D eigenvalue weighted by molar-refractivity contribution is 5.87. The van der Waals surface area contributed by atoms with Gasteiger partial charge in [0, 0.05) is 6.08 Å². The number of rotatable bonds is 8. The van der Waals surface area contributed by atoms with E-state index in [2.05, 4.69) is 55.5 Å². The van der Waals surface area contributed by atoms with Crippen LogP contribution in [0.1, 0.15) is 31.7 Å². The van der Waals surface area contributed by atoms with Crippen LogP contribution in [0, 0.1) is 0 Å². The molecule has 0 N–H and O–H groups in total. The van der Waals surface area contributed by atoms with Crippen LogP contribution >= 0.6 is 0 Å². The zero-order valence-corrected chi connectivity index (χ0v) is 17.8. The summed E-state index contributed by atoms with van der Waals surface area (Å²) >= 11 is 0. The molecule has 3 aromatic rings. The summed E-state index contributed by atoms with van der Waals surface area (Å²) in [6.45, 7) is 2.62. The summed E-state index contributed by atoms with van der Waals surface area (Å²) in [5.74, 6) is 0.510. The lowest BCUT2D eigenvalue weighted by Crippen LogP contribution is -2.01. The van der Waals surface area contributed by atoms with Crippen molar-refractivity contribution >= 4 is 12.0 Å². The summed E-state index contributed by atoms with van der Waals surface area (Å²) < 4.78 is 10.1. The van der Waals surface area contributed by atoms with Gasteiger partial charge in [-0.15, -0.1) is 0 Å². The fraction of sp³-hybridized carbons (Fsp3) is 0.222. The molecule has 0 saturated heterocycles. The Bertz CT molecular complexity index is 832. The zero-order chi connectivity index (χ0) is 21.4. The standard InChI is InChI=1S/C15H20O3.C12H10/c1-3-4-5-12-18-15(16)11-8-13-6-9-14(17-2)10-7-13;1-3-7-11(8-4-1)12-9-5-2-6-10-12/h6-11H,3-5,12H2,1-2H3;1-10H/b11-8+;. The van der Waals surface area contributed by atoms with Gasteiger partial charge < -0.3 is 9.47 Å². The number of methoxy groups -OCH3 is 1. The van der Waals surface area contributed by atoms with Gasteiger partial charge in [-0.3, -0.25) is 0 Å². The van der Waals surface area contributed by atoms with Crippen molar-refractivity contribution in [1.82, 2.24) is 0 Å². The fourth-order valence-corrected chi connectivity index (χ4v) is 2.71. The normalized spacial score (nSPS) is 10.2. The Morgan fingerprint density at radius 2 is 1.37 bits per heavy atom. The molecule has 0 aromatic heterocycles. The van der Waals surface area contributed by atoms with E-state index in [4.69, 9.17) is 9.47 Å². The first-order valence-corrected chi connectivity index (χ1v) is 10.3. The van der Waals surface area contributed by atoms with Crippen molar-refractivity contribution in [3.05, 3.63) is 96.6 Å². The zero-order valence-electron chi connectivity index (χ0n) is 17.8. The number of benzene rings is 3. The van der Waals surface area contributed by atoms with Crippen LogP contribution in [-0.4, -0.2) is 19.7 Å². The second kappa shape index (κ2) is 13.8. The number of carbonyl (C=O) groups excluding carboxylic acids is 1. The fourth-order valence-electron chi connectivity index (χ4n) is 2.71. The molecular formula is C27H30O3. The van der Waals surface area contributed by atoms with Crippen molar-refractivity contribution in [2.75, 3.05) is 13.7 Å². The molecule has 0 spiro atoms. The molecule has 0 atom stereocenters. The van der Waals surface area contributed by atoms with Gasteiger partial charge in [0.15, 0.2) is 0 Å². The highest BCUT2D eigenvalue weighted by atomic mass is 16.5. The molecule has 0 aliphatic rings. The minimum absolute atomic E-state index is 0.290. The van der Waals surface area contributed by atoms with Gasteiger partial charge in [-0.05, 0) is 41.3 Å². The van der Waals surface area contributed by atoms with E-state index in [1.807, 2.05) is 36.4 Å². The summed E-state index contributed by atoms with van der Waals surface area (Å²) in [7, 11) is 1.62. The maximum atomic E-state index is 11.4. The third kappa shape index (κ3) is 8.78. The molecule has 0 radical (unpaired) electrons. The van der Waals surface area contributed by atoms with E-state index in [1.54, 1.807) is 13.2 Å². The van der Waals surface area contributed by atoms with Crippen LogP contribution < -0.4 is 4.74 Å². The lowest BCUT2D eigenvalue weighted by atomic mass is 10.1. The maximum Gasteiger partial charge on any atom is 0.330 e. The van der Waals surface area contributed by atoms with Crippen molar-refractivity contribution in [2.45, 2.75) is 26.2 Å². The average Bonchev–Trinajstić information content (AvgIpc) is 2.82. The molecule has 0 heterocycles. The van der Waals surface area contributed by atoms with Crippen molar-refractivity contribution in [3.8, 4) is 16.9 Å². The Morgan fingerprint density at radius 3 is 1.87 bits per heavy atom. The Labute approximate surface area is 180 Å². The molecule has 0 bridgehead atoms. The Balaban J connectivity index is 0.000000230. The summed E-state index contributed by atoms with van der Waals surface area (Å²) in [5.41, 5.74) is 3.50. The summed E-state index contributed by atoms with van der Waals surface area (Å²) in [6, 6.07) is 28.3. The predicted molar refractivity (Wildman–Crippen MR) is 124 cm³/mol. The molecule has 3 rings (SSSR count). The molecule has 0 aliphatic carbocycles. The van der Waals surface area contributed by atoms with Crippen molar-refractivity contribution < 1.29 is 14.3 Å². The summed E-state index contributed by atoms with van der Waals surface area (Å²) in [6.07, 6.45) is 6.34. The molecule has 156 valence electrons. The Kier molecular flexibility index (Phi) is 10.5. The third-order valence-electron chi connectivity index (χ3n) is 4.40. The molecular weight excluding hydrogens is 372 g/mol. The van der Waals surface area contributed by atoms with Gasteiger partial charge in [0.1, 0.15) is 5.75 Å². The van der Waals surface area contributed by atoms with Gasteiger partial charge in [0.05, 0.1) is 13.7 Å². The van der Waals surface area contributed by atoms with Gasteiger partial charge in [-0.25, -0.2) is 4.79 Å². The van der Waals surface area contributed by atoms with Crippen molar-refractivity contribution in [3.63, 3.8) is 0 Å². The van der Waals surface area contributed by atoms with Gasteiger partial charge >= 0.3 is 5.97 Å². The lowest BCUT2D eigenvalue weighted by molar-refractivity contribution is -0.137. The van der Waals surface area contributed by atoms with E-state index in [-0.39, 0.29) is 5.97 Å². The molecule has 30 heavy (non-hydrogen) atoms. The maximum absolute atomic E-state index is 11.4. The first-order valence-electron chi connectivity index (χ1n) is 10.3. The number of esters is 1. The summed E-state index contributed by atoms with van der Waals surface area (Å²) in [5, 5.41) is 0. The Morgan fingerprint density at radius 1 is 0.800 bits per heavy atom. The minimum atomic E-state index is -0.290. The van der Waals surface area contributed by atoms with Crippen LogP contribution in [-0.2, 0) is 9.53 Å². The second-order valence-corrected chi connectivity index (χ2v) is 6.71. The van der Waals surface area contributed by atoms with Gasteiger partial charge in [0.25, 0.3) is 0 Å². The topological polar surface area (TPSA) is 35.5 Å². The van der Waals surface area contributed by atoms with E-state index >= 15 is 0 Å². The minimum Gasteiger partial charge on any atom is -0.497 e. The van der Waals surface area contributed by atoms with E-state index in [9.17, 15) is 4.79 Å². The second-order valence-electron chi connectivity index (χ2n) is 6.71. The first-order chi connectivity index (χ1) is 14.7. The molecule has 0 fully saturated rings. The monoisotopic (exact) mass is 402 g/mol. The number of unbranched alkanes of at least 4 members (excludes halogenated alkanes) is 2. The van der Waals surface area contributed by atoms with Crippen LogP contribution in [0.2, 0.25) is 0 Å². The van der Waals surface area contributed by atoms with Crippen LogP contribution in [0.3, 0.4) is 0 Å². The van der Waals surface area contributed by atoms with Gasteiger partial charge in [0.2, 0.25) is 0 Å². The number of carbonyl (C=O) groups is 1. The molecule has 3 nitrogen and oxygen atoms in total. The molecule has 3 heteroatoms. The van der Waals surface area contributed by atoms with E-state index in [1.165, 1.54) is 17.2 Å². The molecule has 0 saturated carbocycles. The SMILES string of the molecule is CCCCCOC(=O)/C=C/c1ccc(OC)cc1.c1ccc(-c2ccccc2)cc1. The smallest absolute Gasteiger partial charge is 0.330 e. The average molecular weight is 403 g/mol. The number of hydrogen-bond acceptors (Lipinski definition) is 3. The third-order valence-corrected chi connectivity index (χ3v) is 4.40. The molecule has 0 aliphatic heterocycles. The predicted octanol–water partition coefficient (Wildman–Crippen LogP) is 6.80. The van der Waals surface area contributed by atoms with Crippen LogP contribution in [0.25, 0.3) is 17.2 Å². The highest BCUT2D eigenvalue weighted by Gasteiger charge is 1.97. The van der Waals surface area contributed by atoms with Gasteiger partial charge in [-0.1, -0.05) is 92.6 Å². The first kappa shape index (κ1) is 23.0. The molecule has 0 unspecified atom stereocenters. The van der Waals surface area contributed by atoms with Crippen molar-refractivity contribution in [2.24, 2.45) is 0 Å². The van der Waals surface area contributed by atoms with Crippen LogP contribution in [0.15, 0.2) is 91.0 Å². The van der Waals surface area contributed by atoms with E-state index < -0.39 is 0 Å². The quantitative estimate of drug-likeness (QED) is 0.236. The summed E-state index contributed by atoms with van der Waals surface area (Å²) in [4.78, 5) is 11.4. The highest BCUT2D eigenvalue weighted by Crippen LogP contribution is 2.17. The van der Waals surface area contributed by atoms with Gasteiger partial charge in [-0.2, -0.15) is 0 Å². The van der Waals surface area contributed by atoms with E-state index in [0.29, 0.717) is 6.61 Å². The molecule has 3 aromatic carbocycles. The van der Waals surface area contributed by atoms with E-state index in [0.717, 1.165) is 30.6 Å². The van der Waals surface area contributed by atoms with Crippen LogP contribution in [0.4, 0.5) is 0 Å². The van der Waals surface area contributed by atoms with Crippen LogP contribution in [0.5, 0.6) is 5.75 Å². The Hall–Kier alpha value is -3.33. The lowest BCUT2D eigenvalue weighted by Gasteiger charge is -2.01.